The van der Waals surface area contributed by atoms with Gasteiger partial charge in [-0.15, -0.1) is 0 Å². The standard InChI is InChI=1S/C16H22O2/c1-13(5-4-6-14(2)17)7-8-15-9-11-16(18-3)12-10-15/h7,9-12H,4-6,8H2,1-3H3/b13-7+. The monoisotopic (exact) mass is 246 g/mol. The molecule has 0 aliphatic rings. The van der Waals surface area contributed by atoms with Crippen LogP contribution < -0.4 is 4.74 Å². The van der Waals surface area contributed by atoms with Crippen LogP contribution in [-0.2, 0) is 11.2 Å². The van der Waals surface area contributed by atoms with Crippen LogP contribution in [0.3, 0.4) is 0 Å². The van der Waals surface area contributed by atoms with Crippen LogP contribution in [0.2, 0.25) is 0 Å². The molecule has 0 saturated heterocycles. The summed E-state index contributed by atoms with van der Waals surface area (Å²) >= 11 is 0. The van der Waals surface area contributed by atoms with Gasteiger partial charge in [-0.3, -0.25) is 0 Å². The van der Waals surface area contributed by atoms with Crippen molar-refractivity contribution >= 4 is 5.78 Å². The van der Waals surface area contributed by atoms with E-state index in [9.17, 15) is 4.79 Å². The maximum atomic E-state index is 10.8. The second-order valence-corrected chi connectivity index (χ2v) is 4.66. The minimum atomic E-state index is 0.276. The lowest BCUT2D eigenvalue weighted by Crippen LogP contribution is -1.90. The van der Waals surface area contributed by atoms with E-state index in [1.807, 2.05) is 12.1 Å². The number of hydrogen-bond acceptors (Lipinski definition) is 2. The molecule has 0 saturated carbocycles. The molecule has 0 bridgehead atoms. The molecule has 0 N–H and O–H groups in total. The van der Waals surface area contributed by atoms with E-state index in [-0.39, 0.29) is 5.78 Å². The van der Waals surface area contributed by atoms with E-state index in [4.69, 9.17) is 4.74 Å². The third-order valence-corrected chi connectivity index (χ3v) is 2.95. The summed E-state index contributed by atoms with van der Waals surface area (Å²) in [5.41, 5.74) is 2.63. The molecule has 0 atom stereocenters. The first-order valence-electron chi connectivity index (χ1n) is 6.40. The van der Waals surface area contributed by atoms with E-state index in [1.54, 1.807) is 14.0 Å². The van der Waals surface area contributed by atoms with Gasteiger partial charge in [0, 0.05) is 6.42 Å². The molecule has 0 heterocycles. The van der Waals surface area contributed by atoms with Gasteiger partial charge in [-0.25, -0.2) is 0 Å². The molecule has 0 spiro atoms. The van der Waals surface area contributed by atoms with Crippen molar-refractivity contribution in [3.63, 3.8) is 0 Å². The average Bonchev–Trinajstić information content (AvgIpc) is 2.36. The van der Waals surface area contributed by atoms with Crippen LogP contribution in [0.5, 0.6) is 5.75 Å². The maximum Gasteiger partial charge on any atom is 0.129 e. The zero-order valence-electron chi connectivity index (χ0n) is 11.5. The van der Waals surface area contributed by atoms with Gasteiger partial charge in [0.1, 0.15) is 11.5 Å². The fraction of sp³-hybridized carbons (Fsp3) is 0.438. The predicted molar refractivity (Wildman–Crippen MR) is 75.0 cm³/mol. The van der Waals surface area contributed by atoms with E-state index in [0.29, 0.717) is 6.42 Å². The topological polar surface area (TPSA) is 26.3 Å². The summed E-state index contributed by atoms with van der Waals surface area (Å²) in [7, 11) is 1.67. The molecule has 1 rings (SSSR count). The number of carbonyl (C=O) groups excluding carboxylic acids is 1. The number of hydrogen-bond donors (Lipinski definition) is 0. The van der Waals surface area contributed by atoms with Gasteiger partial charge in [0.05, 0.1) is 7.11 Å². The average molecular weight is 246 g/mol. The normalized spacial score (nSPS) is 11.4. The molecule has 2 heteroatoms. The first-order valence-corrected chi connectivity index (χ1v) is 6.40. The van der Waals surface area contributed by atoms with E-state index in [2.05, 4.69) is 25.1 Å². The Bertz CT molecular complexity index is 402. The largest absolute Gasteiger partial charge is 0.497 e. The maximum absolute atomic E-state index is 10.8. The lowest BCUT2D eigenvalue weighted by molar-refractivity contribution is -0.117. The first kappa shape index (κ1) is 14.5. The number of allylic oxidation sites excluding steroid dienone is 2. The molecule has 2 nitrogen and oxygen atoms in total. The summed E-state index contributed by atoms with van der Waals surface area (Å²) in [6.45, 7) is 3.78. The SMILES string of the molecule is COc1ccc(C/C=C(\C)CCCC(C)=O)cc1. The van der Waals surface area contributed by atoms with Crippen LogP contribution in [0, 0.1) is 0 Å². The number of ketones is 1. The Morgan fingerprint density at radius 2 is 1.83 bits per heavy atom. The number of rotatable bonds is 7. The van der Waals surface area contributed by atoms with Crippen molar-refractivity contribution in [2.45, 2.75) is 39.5 Å². The van der Waals surface area contributed by atoms with Crippen molar-refractivity contribution in [1.29, 1.82) is 0 Å². The van der Waals surface area contributed by atoms with E-state index < -0.39 is 0 Å². The number of Topliss-reactive ketones (excluding diaryl/α,β-unsaturated/α-hetero) is 1. The van der Waals surface area contributed by atoms with Crippen molar-refractivity contribution in [3.8, 4) is 5.75 Å². The smallest absolute Gasteiger partial charge is 0.129 e. The minimum absolute atomic E-state index is 0.276. The van der Waals surface area contributed by atoms with Crippen molar-refractivity contribution in [2.24, 2.45) is 0 Å². The molecular weight excluding hydrogens is 224 g/mol. The lowest BCUT2D eigenvalue weighted by Gasteiger charge is -2.03. The van der Waals surface area contributed by atoms with Gasteiger partial charge in [0.15, 0.2) is 0 Å². The van der Waals surface area contributed by atoms with E-state index in [0.717, 1.165) is 25.0 Å². The summed E-state index contributed by atoms with van der Waals surface area (Å²) in [5, 5.41) is 0. The number of benzene rings is 1. The number of carbonyl (C=O) groups is 1. The molecule has 0 amide bonds. The van der Waals surface area contributed by atoms with Gasteiger partial charge in [-0.1, -0.05) is 23.8 Å². The highest BCUT2D eigenvalue weighted by Gasteiger charge is 1.96. The number of ether oxygens (including phenoxy) is 1. The summed E-state index contributed by atoms with van der Waals surface area (Å²) in [6, 6.07) is 8.12. The zero-order valence-corrected chi connectivity index (χ0v) is 11.5. The Balaban J connectivity index is 2.39. The molecule has 1 aromatic carbocycles. The Hall–Kier alpha value is -1.57. The quantitative estimate of drug-likeness (QED) is 0.681. The van der Waals surface area contributed by atoms with Crippen LogP contribution in [0.25, 0.3) is 0 Å². The Labute approximate surface area is 110 Å². The van der Waals surface area contributed by atoms with Crippen LogP contribution >= 0.6 is 0 Å². The fourth-order valence-corrected chi connectivity index (χ4v) is 1.77. The third-order valence-electron chi connectivity index (χ3n) is 2.95. The fourth-order valence-electron chi connectivity index (χ4n) is 1.77. The molecule has 0 aliphatic carbocycles. The third kappa shape index (κ3) is 5.67. The molecule has 0 fully saturated rings. The van der Waals surface area contributed by atoms with Crippen LogP contribution in [0.15, 0.2) is 35.9 Å². The second-order valence-electron chi connectivity index (χ2n) is 4.66. The molecular formula is C16H22O2. The van der Waals surface area contributed by atoms with Crippen molar-refractivity contribution < 1.29 is 9.53 Å². The highest BCUT2D eigenvalue weighted by Crippen LogP contribution is 2.13. The molecule has 0 unspecified atom stereocenters. The first-order chi connectivity index (χ1) is 8.61. The second kappa shape index (κ2) is 7.70. The summed E-state index contributed by atoms with van der Waals surface area (Å²) in [4.78, 5) is 10.8. The van der Waals surface area contributed by atoms with Crippen molar-refractivity contribution in [1.82, 2.24) is 0 Å². The van der Waals surface area contributed by atoms with E-state index >= 15 is 0 Å². The van der Waals surface area contributed by atoms with Crippen LogP contribution in [0.1, 0.15) is 38.7 Å². The van der Waals surface area contributed by atoms with Crippen LogP contribution in [0.4, 0.5) is 0 Å². The number of methoxy groups -OCH3 is 1. The van der Waals surface area contributed by atoms with Gasteiger partial charge in [0.25, 0.3) is 0 Å². The minimum Gasteiger partial charge on any atom is -0.497 e. The molecule has 0 aliphatic heterocycles. The molecule has 0 radical (unpaired) electrons. The highest BCUT2D eigenvalue weighted by atomic mass is 16.5. The summed E-state index contributed by atoms with van der Waals surface area (Å²) in [6.07, 6.45) is 5.83. The summed E-state index contributed by atoms with van der Waals surface area (Å²) < 4.78 is 5.12. The van der Waals surface area contributed by atoms with Gasteiger partial charge in [-0.2, -0.15) is 0 Å². The highest BCUT2D eigenvalue weighted by molar-refractivity contribution is 5.75. The van der Waals surface area contributed by atoms with Gasteiger partial charge in [-0.05, 0) is 50.8 Å². The summed E-state index contributed by atoms with van der Waals surface area (Å²) in [5.74, 6) is 1.17. The molecule has 18 heavy (non-hydrogen) atoms. The van der Waals surface area contributed by atoms with Gasteiger partial charge < -0.3 is 9.53 Å². The predicted octanol–water partition coefficient (Wildman–Crippen LogP) is 3.94. The van der Waals surface area contributed by atoms with Gasteiger partial charge >= 0.3 is 0 Å². The molecule has 1 aromatic rings. The lowest BCUT2D eigenvalue weighted by atomic mass is 10.1. The molecule has 0 aromatic heterocycles. The van der Waals surface area contributed by atoms with E-state index in [1.165, 1.54) is 11.1 Å². The zero-order chi connectivity index (χ0) is 13.4. The van der Waals surface area contributed by atoms with Crippen molar-refractivity contribution in [2.75, 3.05) is 7.11 Å². The van der Waals surface area contributed by atoms with Gasteiger partial charge in [0.2, 0.25) is 0 Å². The van der Waals surface area contributed by atoms with Crippen LogP contribution in [-0.4, -0.2) is 12.9 Å². The molecule has 98 valence electrons. The Morgan fingerprint density at radius 3 is 2.39 bits per heavy atom. The Morgan fingerprint density at radius 1 is 1.17 bits per heavy atom. The Kier molecular flexibility index (Phi) is 6.20. The van der Waals surface area contributed by atoms with Crippen molar-refractivity contribution in [3.05, 3.63) is 41.5 Å².